The number of carbonyl (C=O) groups excluding carboxylic acids is 4. The van der Waals surface area contributed by atoms with Crippen molar-refractivity contribution >= 4 is 24.0 Å². The number of hydrogen-bond donors (Lipinski definition) is 4. The van der Waals surface area contributed by atoms with Crippen LogP contribution in [0.5, 0.6) is 0 Å². The molecule has 5 atom stereocenters. The van der Waals surface area contributed by atoms with Gasteiger partial charge in [0.25, 0.3) is 5.91 Å². The molecule has 4 heterocycles. The summed E-state index contributed by atoms with van der Waals surface area (Å²) in [6.07, 6.45) is 8.46. The topological polar surface area (TPSA) is 175 Å². The van der Waals surface area contributed by atoms with E-state index in [2.05, 4.69) is 74.1 Å². The van der Waals surface area contributed by atoms with Crippen LogP contribution in [-0.2, 0) is 19.1 Å². The first kappa shape index (κ1) is 38.6. The molecule has 3 aliphatic rings. The number of benzene rings is 2. The lowest BCUT2D eigenvalue weighted by Gasteiger charge is -2.35. The number of ether oxygens (including phenoxy) is 2. The average Bonchev–Trinajstić information content (AvgIpc) is 4.06. The molecule has 0 unspecified atom stereocenters. The molecule has 2 saturated heterocycles. The van der Waals surface area contributed by atoms with Crippen LogP contribution in [0.3, 0.4) is 0 Å². The number of alkyl carbamates (subject to hydrolysis) is 2. The van der Waals surface area contributed by atoms with Crippen molar-refractivity contribution in [1.82, 2.24) is 40.4 Å². The van der Waals surface area contributed by atoms with Gasteiger partial charge >= 0.3 is 12.2 Å². The number of aromatic amines is 2. The second kappa shape index (κ2) is 17.0. The van der Waals surface area contributed by atoms with Gasteiger partial charge in [-0.05, 0) is 66.7 Å². The molecule has 4 aromatic rings. The highest BCUT2D eigenvalue weighted by molar-refractivity contribution is 5.84. The van der Waals surface area contributed by atoms with Crippen LogP contribution in [0.15, 0.2) is 60.9 Å². The standard InChI is InChI=1S/C42H52N8O6/c1-25(2)36(56-41(53)43-3)40(52)50-22-8-12-35(50)38-45-24-33(47-38)29-19-15-27(16-20-29)26-13-17-28(18-14-26)32-23-44-37(46-32)34-11-7-21-49(34)39(51)30-9-5-6-10-31(30)48-42(54)55-4/h13-20,23-25,30-31,34-36H,5-12,21-22H2,1-4H3,(H,43,53)(H,44,46)(H,45,47)(H,48,54)/t30-,31+,34-,35-,36-/m0/s1. The molecule has 4 amide bonds. The summed E-state index contributed by atoms with van der Waals surface area (Å²) in [5, 5.41) is 5.33. The molecular formula is C42H52N8O6. The number of rotatable bonds is 10. The van der Waals surface area contributed by atoms with E-state index in [0.717, 1.165) is 90.8 Å². The molecule has 2 aliphatic heterocycles. The van der Waals surface area contributed by atoms with Crippen LogP contribution in [-0.4, -0.2) is 93.1 Å². The summed E-state index contributed by atoms with van der Waals surface area (Å²) >= 11 is 0. The van der Waals surface area contributed by atoms with Crippen molar-refractivity contribution in [3.05, 3.63) is 72.6 Å². The van der Waals surface area contributed by atoms with Crippen LogP contribution >= 0.6 is 0 Å². The number of nitrogens with zero attached hydrogens (tertiary/aromatic N) is 4. The van der Waals surface area contributed by atoms with Gasteiger partial charge in [-0.2, -0.15) is 0 Å². The van der Waals surface area contributed by atoms with Gasteiger partial charge in [-0.3, -0.25) is 9.59 Å². The third kappa shape index (κ3) is 8.14. The Kier molecular flexibility index (Phi) is 11.7. The average molecular weight is 765 g/mol. The molecule has 1 saturated carbocycles. The summed E-state index contributed by atoms with van der Waals surface area (Å²) in [6.45, 7) is 4.99. The predicted molar refractivity (Wildman–Crippen MR) is 210 cm³/mol. The molecule has 296 valence electrons. The smallest absolute Gasteiger partial charge is 0.407 e. The van der Waals surface area contributed by atoms with E-state index >= 15 is 0 Å². The maximum Gasteiger partial charge on any atom is 0.407 e. The lowest BCUT2D eigenvalue weighted by molar-refractivity contribution is -0.143. The van der Waals surface area contributed by atoms with E-state index in [9.17, 15) is 19.2 Å². The van der Waals surface area contributed by atoms with Gasteiger partial charge in [-0.25, -0.2) is 19.6 Å². The van der Waals surface area contributed by atoms with Crippen LogP contribution in [0, 0.1) is 11.8 Å². The summed E-state index contributed by atoms with van der Waals surface area (Å²) < 4.78 is 10.3. The van der Waals surface area contributed by atoms with Gasteiger partial charge in [-0.1, -0.05) is 75.2 Å². The fraction of sp³-hybridized carbons (Fsp3) is 0.476. The molecule has 14 nitrogen and oxygen atoms in total. The van der Waals surface area contributed by atoms with E-state index in [-0.39, 0.29) is 41.8 Å². The van der Waals surface area contributed by atoms with Crippen molar-refractivity contribution in [1.29, 1.82) is 0 Å². The summed E-state index contributed by atoms with van der Waals surface area (Å²) in [5.41, 5.74) is 5.86. The number of aromatic nitrogens is 4. The van der Waals surface area contributed by atoms with Gasteiger partial charge in [0.05, 0.1) is 48.9 Å². The molecule has 2 aromatic heterocycles. The Morgan fingerprint density at radius 2 is 1.23 bits per heavy atom. The van der Waals surface area contributed by atoms with E-state index in [1.807, 2.05) is 24.9 Å². The highest BCUT2D eigenvalue weighted by atomic mass is 16.6. The molecule has 0 bridgehead atoms. The Balaban J connectivity index is 0.991. The Morgan fingerprint density at radius 3 is 1.77 bits per heavy atom. The molecule has 0 radical (unpaired) electrons. The number of hydrogen-bond acceptors (Lipinski definition) is 8. The normalized spacial score (nSPS) is 21.5. The second-order valence-electron chi connectivity index (χ2n) is 15.4. The third-order valence-corrected chi connectivity index (χ3v) is 11.5. The summed E-state index contributed by atoms with van der Waals surface area (Å²) in [5.74, 6) is 0.926. The SMILES string of the molecule is CNC(=O)O[C@H](C(=O)N1CCC[C@H]1c1ncc(-c2ccc(-c3ccc(-c4cnc([C@@H]5CCCN5C(=O)[C@H]5CCCC[C@H]5NC(=O)OC)[nH]4)cc3)cc2)[nH]1)C(C)C. The highest BCUT2D eigenvalue weighted by Crippen LogP contribution is 2.37. The number of amides is 4. The summed E-state index contributed by atoms with van der Waals surface area (Å²) in [6, 6.07) is 16.0. The van der Waals surface area contributed by atoms with Crippen molar-refractivity contribution < 1.29 is 28.7 Å². The molecule has 0 spiro atoms. The Bertz CT molecular complexity index is 2010. The van der Waals surface area contributed by atoms with Gasteiger partial charge in [-0.15, -0.1) is 0 Å². The van der Waals surface area contributed by atoms with Crippen LogP contribution in [0.25, 0.3) is 33.6 Å². The minimum atomic E-state index is -0.872. The zero-order valence-electron chi connectivity index (χ0n) is 32.5. The van der Waals surface area contributed by atoms with Crippen molar-refractivity contribution in [2.75, 3.05) is 27.2 Å². The minimum Gasteiger partial charge on any atom is -0.453 e. The van der Waals surface area contributed by atoms with E-state index in [4.69, 9.17) is 14.5 Å². The number of likely N-dealkylation sites (tertiary alicyclic amines) is 2. The van der Waals surface area contributed by atoms with E-state index in [0.29, 0.717) is 18.9 Å². The number of methoxy groups -OCH3 is 1. The quantitative estimate of drug-likeness (QED) is 0.137. The van der Waals surface area contributed by atoms with Gasteiger partial charge in [0.2, 0.25) is 5.91 Å². The monoisotopic (exact) mass is 764 g/mol. The van der Waals surface area contributed by atoms with Crippen LogP contribution in [0.4, 0.5) is 9.59 Å². The van der Waals surface area contributed by atoms with Crippen LogP contribution in [0.2, 0.25) is 0 Å². The van der Waals surface area contributed by atoms with Crippen LogP contribution < -0.4 is 10.6 Å². The van der Waals surface area contributed by atoms with Crippen molar-refractivity contribution in [3.8, 4) is 33.6 Å². The maximum absolute atomic E-state index is 13.8. The lowest BCUT2D eigenvalue weighted by atomic mass is 9.83. The predicted octanol–water partition coefficient (Wildman–Crippen LogP) is 6.76. The zero-order valence-corrected chi connectivity index (χ0v) is 32.5. The Morgan fingerprint density at radius 1 is 0.714 bits per heavy atom. The molecule has 3 fully saturated rings. The fourth-order valence-corrected chi connectivity index (χ4v) is 8.45. The Labute approximate surface area is 327 Å². The number of H-pyrrole nitrogens is 2. The van der Waals surface area contributed by atoms with Gasteiger partial charge in [0.1, 0.15) is 11.6 Å². The fourth-order valence-electron chi connectivity index (χ4n) is 8.45. The molecule has 2 aromatic carbocycles. The lowest BCUT2D eigenvalue weighted by Crippen LogP contribution is -2.49. The molecule has 4 N–H and O–H groups in total. The van der Waals surface area contributed by atoms with Crippen LogP contribution in [0.1, 0.15) is 88.9 Å². The van der Waals surface area contributed by atoms with Gasteiger partial charge < -0.3 is 39.9 Å². The number of carbonyl (C=O) groups is 4. The first-order valence-corrected chi connectivity index (χ1v) is 19.8. The molecule has 14 heteroatoms. The number of imidazole rings is 2. The zero-order chi connectivity index (χ0) is 39.3. The highest BCUT2D eigenvalue weighted by Gasteiger charge is 2.41. The molecule has 1 aliphatic carbocycles. The van der Waals surface area contributed by atoms with Crippen molar-refractivity contribution in [2.24, 2.45) is 11.8 Å². The Hall–Kier alpha value is -5.66. The maximum atomic E-state index is 13.8. The molecular weight excluding hydrogens is 713 g/mol. The third-order valence-electron chi connectivity index (χ3n) is 11.5. The van der Waals surface area contributed by atoms with Gasteiger partial charge in [0.15, 0.2) is 6.10 Å². The first-order valence-electron chi connectivity index (χ1n) is 19.8. The van der Waals surface area contributed by atoms with E-state index in [1.165, 1.54) is 14.2 Å². The molecule has 7 rings (SSSR count). The summed E-state index contributed by atoms with van der Waals surface area (Å²) in [4.78, 5) is 71.3. The van der Waals surface area contributed by atoms with Crippen molar-refractivity contribution in [2.45, 2.75) is 89.4 Å². The largest absolute Gasteiger partial charge is 0.453 e. The minimum absolute atomic E-state index is 0.0770. The number of nitrogens with one attached hydrogen (secondary N) is 4. The molecule has 56 heavy (non-hydrogen) atoms. The first-order chi connectivity index (χ1) is 27.1. The van der Waals surface area contributed by atoms with E-state index in [1.54, 1.807) is 11.1 Å². The van der Waals surface area contributed by atoms with Gasteiger partial charge in [0, 0.05) is 26.2 Å². The second-order valence-corrected chi connectivity index (χ2v) is 15.4. The van der Waals surface area contributed by atoms with Crippen molar-refractivity contribution in [3.63, 3.8) is 0 Å². The van der Waals surface area contributed by atoms with E-state index < -0.39 is 18.3 Å². The summed E-state index contributed by atoms with van der Waals surface area (Å²) in [7, 11) is 2.83.